The third-order valence-electron chi connectivity index (χ3n) is 7.84. The van der Waals surface area contributed by atoms with Crippen molar-refractivity contribution in [1.82, 2.24) is 25.1 Å². The molecule has 0 spiro atoms. The summed E-state index contributed by atoms with van der Waals surface area (Å²) in [5.41, 5.74) is 2.17. The summed E-state index contributed by atoms with van der Waals surface area (Å²) in [5, 5.41) is 13.3. The molecule has 2 aliphatic heterocycles. The van der Waals surface area contributed by atoms with Gasteiger partial charge in [0.15, 0.2) is 0 Å². The van der Waals surface area contributed by atoms with Crippen molar-refractivity contribution in [2.45, 2.75) is 69.4 Å². The number of nitrogens with one attached hydrogen (secondary N) is 1. The minimum atomic E-state index is -0.0617. The minimum Gasteiger partial charge on any atom is -0.474 e. The Morgan fingerprint density at radius 3 is 2.65 bits per heavy atom. The number of hydrogen-bond donors (Lipinski definition) is 1. The van der Waals surface area contributed by atoms with E-state index in [9.17, 15) is 4.79 Å². The Morgan fingerprint density at radius 1 is 1.03 bits per heavy atom. The van der Waals surface area contributed by atoms with Crippen molar-refractivity contribution in [3.63, 3.8) is 0 Å². The van der Waals surface area contributed by atoms with Crippen LogP contribution < -0.4 is 10.1 Å². The van der Waals surface area contributed by atoms with E-state index < -0.39 is 0 Å². The monoisotopic (exact) mass is 521 g/mol. The molecule has 0 bridgehead atoms. The molecule has 2 fully saturated rings. The van der Waals surface area contributed by atoms with Crippen LogP contribution in [0.25, 0.3) is 5.69 Å². The number of aromatic nitrogens is 4. The first-order valence-electron chi connectivity index (χ1n) is 13.3. The smallest absolute Gasteiger partial charge is 0.223 e. The molecule has 4 heterocycles. The second-order valence-corrected chi connectivity index (χ2v) is 10.8. The maximum atomic E-state index is 13.0. The van der Waals surface area contributed by atoms with E-state index in [2.05, 4.69) is 26.0 Å². The number of benzene rings is 1. The van der Waals surface area contributed by atoms with Crippen LogP contribution in [-0.4, -0.2) is 51.0 Å². The van der Waals surface area contributed by atoms with Crippen LogP contribution in [-0.2, 0) is 22.4 Å². The summed E-state index contributed by atoms with van der Waals surface area (Å²) < 4.78 is 13.8. The number of carbonyl (C=O) groups excluding carboxylic acids is 1. The van der Waals surface area contributed by atoms with Crippen molar-refractivity contribution in [3.8, 4) is 11.6 Å². The number of nitrogens with zero attached hydrogens (tertiary/aromatic N) is 4. The van der Waals surface area contributed by atoms with Gasteiger partial charge in [-0.1, -0.05) is 17.7 Å². The average Bonchev–Trinajstić information content (AvgIpc) is 3.26. The minimum absolute atomic E-state index is 0.00718. The summed E-state index contributed by atoms with van der Waals surface area (Å²) >= 11 is 6.42. The van der Waals surface area contributed by atoms with Crippen LogP contribution in [0.2, 0.25) is 5.02 Å². The molecule has 6 rings (SSSR count). The van der Waals surface area contributed by atoms with Gasteiger partial charge in [0.25, 0.3) is 0 Å². The molecule has 9 heteroatoms. The molecule has 1 N–H and O–H groups in total. The maximum Gasteiger partial charge on any atom is 0.223 e. The topological polar surface area (TPSA) is 91.2 Å². The number of hydrogen-bond acceptors (Lipinski definition) is 6. The van der Waals surface area contributed by atoms with Crippen LogP contribution in [0.4, 0.5) is 0 Å². The third kappa shape index (κ3) is 5.36. The Bertz CT molecular complexity index is 1240. The van der Waals surface area contributed by atoms with Crippen molar-refractivity contribution >= 4 is 17.5 Å². The predicted octanol–water partition coefficient (Wildman–Crippen LogP) is 4.43. The van der Waals surface area contributed by atoms with Gasteiger partial charge in [0.2, 0.25) is 11.8 Å². The standard InChI is InChI=1S/C28H32ClN5O3/c29-21-6-9-24-20(15-21)16-22(31-28(35)19-10-13-36-14-11-19)17-25-32-33-27(34(24)25)18-4-7-23(8-5-18)37-26-3-1-2-12-30-26/h1-3,6,9,12,15,18-19,22-23H,4-5,7-8,10-11,13-14,16-17H2,(H,31,35)/t18-,22-,23-/m0/s1. The van der Waals surface area contributed by atoms with E-state index in [1.165, 1.54) is 0 Å². The molecule has 3 aromatic rings. The summed E-state index contributed by atoms with van der Waals surface area (Å²) in [6, 6.07) is 11.7. The van der Waals surface area contributed by atoms with Gasteiger partial charge in [-0.15, -0.1) is 10.2 Å². The molecule has 1 saturated heterocycles. The third-order valence-corrected chi connectivity index (χ3v) is 8.07. The van der Waals surface area contributed by atoms with Crippen LogP contribution in [0, 0.1) is 5.92 Å². The van der Waals surface area contributed by atoms with Crippen molar-refractivity contribution in [3.05, 3.63) is 64.8 Å². The van der Waals surface area contributed by atoms with Crippen molar-refractivity contribution < 1.29 is 14.3 Å². The molecule has 37 heavy (non-hydrogen) atoms. The molecule has 0 unspecified atom stereocenters. The van der Waals surface area contributed by atoms with Crippen LogP contribution in [0.15, 0.2) is 42.6 Å². The molecule has 8 nitrogen and oxygen atoms in total. The predicted molar refractivity (Wildman–Crippen MR) is 139 cm³/mol. The lowest BCUT2D eigenvalue weighted by atomic mass is 9.86. The zero-order valence-electron chi connectivity index (χ0n) is 20.8. The van der Waals surface area contributed by atoms with Gasteiger partial charge in [-0.25, -0.2) is 4.98 Å². The lowest BCUT2D eigenvalue weighted by Crippen LogP contribution is -2.42. The lowest BCUT2D eigenvalue weighted by molar-refractivity contribution is -0.128. The Hall–Kier alpha value is -2.97. The molecule has 2 aromatic heterocycles. The first-order valence-corrected chi connectivity index (χ1v) is 13.7. The van der Waals surface area contributed by atoms with Crippen molar-refractivity contribution in [2.75, 3.05) is 13.2 Å². The SMILES string of the molecule is O=C(N[C@H]1Cc2cc(Cl)ccc2-n2c(nnc2[C@H]2CC[C@H](Oc3ccccn3)CC2)C1)C1CCOCC1. The van der Waals surface area contributed by atoms with Crippen LogP contribution in [0.1, 0.15) is 61.7 Å². The van der Waals surface area contributed by atoms with Gasteiger partial charge in [0.05, 0.1) is 5.69 Å². The first-order chi connectivity index (χ1) is 18.1. The zero-order valence-corrected chi connectivity index (χ0v) is 21.6. The number of halogens is 1. The summed E-state index contributed by atoms with van der Waals surface area (Å²) in [7, 11) is 0. The highest BCUT2D eigenvalue weighted by Crippen LogP contribution is 2.37. The lowest BCUT2D eigenvalue weighted by Gasteiger charge is -2.28. The van der Waals surface area contributed by atoms with Gasteiger partial charge in [-0.3, -0.25) is 9.36 Å². The van der Waals surface area contributed by atoms with Gasteiger partial charge in [0.1, 0.15) is 17.8 Å². The van der Waals surface area contributed by atoms with E-state index in [-0.39, 0.29) is 24.0 Å². The zero-order chi connectivity index (χ0) is 25.2. The van der Waals surface area contributed by atoms with Crippen LogP contribution >= 0.6 is 11.6 Å². The molecular formula is C28H32ClN5O3. The van der Waals surface area contributed by atoms with E-state index in [1.54, 1.807) is 6.20 Å². The van der Waals surface area contributed by atoms with E-state index in [0.717, 1.165) is 61.4 Å². The molecule has 1 saturated carbocycles. The molecular weight excluding hydrogens is 490 g/mol. The van der Waals surface area contributed by atoms with Crippen molar-refractivity contribution in [2.24, 2.45) is 5.92 Å². The molecule has 1 aromatic carbocycles. The van der Waals surface area contributed by atoms with Crippen LogP contribution in [0.5, 0.6) is 5.88 Å². The normalized spacial score (nSPS) is 24.0. The molecule has 1 atom stereocenters. The van der Waals surface area contributed by atoms with E-state index >= 15 is 0 Å². The molecule has 0 radical (unpaired) electrons. The second-order valence-electron chi connectivity index (χ2n) is 10.3. The van der Waals surface area contributed by atoms with Gasteiger partial charge >= 0.3 is 0 Å². The van der Waals surface area contributed by atoms with E-state index in [1.807, 2.05) is 30.3 Å². The summed E-state index contributed by atoms with van der Waals surface area (Å²) in [4.78, 5) is 17.3. The van der Waals surface area contributed by atoms with E-state index in [0.29, 0.717) is 42.9 Å². The van der Waals surface area contributed by atoms with Gasteiger partial charge in [-0.05, 0) is 74.8 Å². The highest BCUT2D eigenvalue weighted by molar-refractivity contribution is 6.30. The number of fused-ring (bicyclic) bond motifs is 3. The number of carbonyl (C=O) groups is 1. The fourth-order valence-electron chi connectivity index (χ4n) is 5.89. The molecule has 1 aliphatic carbocycles. The van der Waals surface area contributed by atoms with Crippen LogP contribution in [0.3, 0.4) is 0 Å². The number of ether oxygens (including phenoxy) is 2. The highest BCUT2D eigenvalue weighted by Gasteiger charge is 2.33. The molecule has 194 valence electrons. The quantitative estimate of drug-likeness (QED) is 0.534. The number of rotatable bonds is 5. The Morgan fingerprint density at radius 2 is 1.86 bits per heavy atom. The maximum absolute atomic E-state index is 13.0. The summed E-state index contributed by atoms with van der Waals surface area (Å²) in [5.74, 6) is 2.97. The Balaban J connectivity index is 1.21. The number of amides is 1. The van der Waals surface area contributed by atoms with Gasteiger partial charge in [0, 0.05) is 54.8 Å². The largest absolute Gasteiger partial charge is 0.474 e. The first kappa shape index (κ1) is 24.4. The van der Waals surface area contributed by atoms with Gasteiger partial charge < -0.3 is 14.8 Å². The van der Waals surface area contributed by atoms with Crippen molar-refractivity contribution in [1.29, 1.82) is 0 Å². The van der Waals surface area contributed by atoms with Gasteiger partial charge in [-0.2, -0.15) is 0 Å². The average molecular weight is 522 g/mol. The highest BCUT2D eigenvalue weighted by atomic mass is 35.5. The summed E-state index contributed by atoms with van der Waals surface area (Å²) in [6.45, 7) is 1.29. The molecule has 1 amide bonds. The molecule has 3 aliphatic rings. The fourth-order valence-corrected chi connectivity index (χ4v) is 6.09. The van der Waals surface area contributed by atoms with E-state index in [4.69, 9.17) is 26.2 Å². The number of pyridine rings is 1. The fraction of sp³-hybridized carbons (Fsp3) is 0.500. The second kappa shape index (κ2) is 10.8. The summed E-state index contributed by atoms with van der Waals surface area (Å²) in [6.07, 6.45) is 8.64. The Kier molecular flexibility index (Phi) is 7.11. The Labute approximate surface area is 221 Å².